The first kappa shape index (κ1) is 7.95. The normalized spacial score (nSPS) is 9.45. The molecule has 0 radical (unpaired) electrons. The van der Waals surface area contributed by atoms with Crippen LogP contribution >= 0.6 is 0 Å². The molecule has 1 aromatic carbocycles. The van der Waals surface area contributed by atoms with Gasteiger partial charge in [-0.1, -0.05) is 30.3 Å². The highest BCUT2D eigenvalue weighted by Crippen LogP contribution is 1.99. The van der Waals surface area contributed by atoms with Crippen molar-refractivity contribution in [2.24, 2.45) is 0 Å². The van der Waals surface area contributed by atoms with E-state index < -0.39 is 0 Å². The number of ether oxygens (including phenoxy) is 1. The highest BCUT2D eigenvalue weighted by atomic mass is 16.5. The van der Waals surface area contributed by atoms with Gasteiger partial charge in [0.05, 0.1) is 6.61 Å². The second kappa shape index (κ2) is 4.63. The SMILES string of the molecule is O=[13CH][13CH2]OCc1ccccc1. The Bertz CT molecular complexity index is 206. The number of carbonyl (C=O) groups is 1. The lowest BCUT2D eigenvalue weighted by Gasteiger charge is -1.98. The summed E-state index contributed by atoms with van der Waals surface area (Å²) in [6, 6.07) is 9.76. The van der Waals surface area contributed by atoms with Gasteiger partial charge in [-0.25, -0.2) is 0 Å². The zero-order valence-corrected chi connectivity index (χ0v) is 6.19. The van der Waals surface area contributed by atoms with Crippen LogP contribution in [0.5, 0.6) is 0 Å². The third-order valence-electron chi connectivity index (χ3n) is 1.30. The van der Waals surface area contributed by atoms with Gasteiger partial charge in [0.15, 0.2) is 0 Å². The van der Waals surface area contributed by atoms with E-state index >= 15 is 0 Å². The minimum Gasteiger partial charge on any atom is -0.369 e. The summed E-state index contributed by atoms with van der Waals surface area (Å²) in [7, 11) is 0. The summed E-state index contributed by atoms with van der Waals surface area (Å²) < 4.78 is 5.00. The summed E-state index contributed by atoms with van der Waals surface area (Å²) in [6.45, 7) is 0.689. The molecule has 0 unspecified atom stereocenters. The third kappa shape index (κ3) is 2.96. The molecule has 2 nitrogen and oxygen atoms in total. The molecule has 0 aromatic heterocycles. The van der Waals surface area contributed by atoms with Crippen LogP contribution in [0.2, 0.25) is 0 Å². The first-order chi connectivity index (χ1) is 5.43. The van der Waals surface area contributed by atoms with Crippen molar-refractivity contribution in [2.75, 3.05) is 6.61 Å². The number of aldehydes is 1. The zero-order chi connectivity index (χ0) is 7.94. The van der Waals surface area contributed by atoms with Crippen LogP contribution in [0, 0.1) is 0 Å². The van der Waals surface area contributed by atoms with E-state index in [0.29, 0.717) is 6.61 Å². The average molecular weight is 152 g/mol. The second-order valence-corrected chi connectivity index (χ2v) is 2.17. The van der Waals surface area contributed by atoms with Crippen molar-refractivity contribution >= 4 is 6.29 Å². The lowest BCUT2D eigenvalue weighted by molar-refractivity contribution is -0.112. The Kier molecular flexibility index (Phi) is 3.35. The lowest BCUT2D eigenvalue weighted by atomic mass is 10.2. The monoisotopic (exact) mass is 152 g/mol. The van der Waals surface area contributed by atoms with Crippen LogP contribution in [0.15, 0.2) is 30.3 Å². The van der Waals surface area contributed by atoms with Crippen molar-refractivity contribution < 1.29 is 9.53 Å². The van der Waals surface area contributed by atoms with Crippen LogP contribution in [0.1, 0.15) is 5.56 Å². The molecular formula is C9H10O2. The molecule has 0 bridgehead atoms. The first-order valence-electron chi connectivity index (χ1n) is 3.49. The molecule has 0 fully saturated rings. The molecular weight excluding hydrogens is 142 g/mol. The van der Waals surface area contributed by atoms with Crippen molar-refractivity contribution in [1.82, 2.24) is 0 Å². The van der Waals surface area contributed by atoms with Crippen LogP contribution in [-0.4, -0.2) is 12.9 Å². The summed E-state index contributed by atoms with van der Waals surface area (Å²) in [6.07, 6.45) is 0.753. The molecule has 0 atom stereocenters. The van der Waals surface area contributed by atoms with E-state index in [1.54, 1.807) is 0 Å². The Morgan fingerprint density at radius 3 is 2.64 bits per heavy atom. The predicted octanol–water partition coefficient (Wildman–Crippen LogP) is 1.40. The molecule has 0 spiro atoms. The quantitative estimate of drug-likeness (QED) is 0.370. The van der Waals surface area contributed by atoms with Crippen molar-refractivity contribution in [3.63, 3.8) is 0 Å². The van der Waals surface area contributed by atoms with E-state index in [1.807, 2.05) is 30.3 Å². The minimum absolute atomic E-state index is 0.175. The fourth-order valence-electron chi connectivity index (χ4n) is 0.799. The van der Waals surface area contributed by atoms with Gasteiger partial charge in [-0.3, -0.25) is 0 Å². The molecule has 1 rings (SSSR count). The van der Waals surface area contributed by atoms with Crippen LogP contribution in [-0.2, 0) is 16.1 Å². The molecule has 0 amide bonds. The number of hydrogen-bond donors (Lipinski definition) is 0. The molecule has 0 aliphatic heterocycles. The summed E-state index contributed by atoms with van der Waals surface area (Å²) in [5, 5.41) is 0. The average Bonchev–Trinajstić information content (AvgIpc) is 2.07. The highest BCUT2D eigenvalue weighted by Gasteiger charge is 1.88. The van der Waals surface area contributed by atoms with Crippen LogP contribution < -0.4 is 0 Å². The smallest absolute Gasteiger partial charge is 0.145 e. The van der Waals surface area contributed by atoms with Gasteiger partial charge in [-0.05, 0) is 5.56 Å². The van der Waals surface area contributed by atoms with Gasteiger partial charge < -0.3 is 9.53 Å². The Balaban J connectivity index is 2.33. The summed E-state index contributed by atoms with van der Waals surface area (Å²) >= 11 is 0. The number of hydrogen-bond acceptors (Lipinski definition) is 2. The molecule has 0 aliphatic rings. The van der Waals surface area contributed by atoms with Crippen molar-refractivity contribution in [1.29, 1.82) is 0 Å². The van der Waals surface area contributed by atoms with E-state index in [0.717, 1.165) is 11.8 Å². The topological polar surface area (TPSA) is 26.3 Å². The maximum absolute atomic E-state index is 9.87. The van der Waals surface area contributed by atoms with Crippen LogP contribution in [0.25, 0.3) is 0 Å². The molecule has 11 heavy (non-hydrogen) atoms. The summed E-state index contributed by atoms with van der Waals surface area (Å²) in [5.41, 5.74) is 1.09. The molecule has 58 valence electrons. The van der Waals surface area contributed by atoms with Crippen LogP contribution in [0.3, 0.4) is 0 Å². The van der Waals surface area contributed by atoms with Crippen LogP contribution in [0.4, 0.5) is 0 Å². The third-order valence-corrected chi connectivity index (χ3v) is 1.30. The number of benzene rings is 1. The van der Waals surface area contributed by atoms with Crippen molar-refractivity contribution in [3.05, 3.63) is 35.9 Å². The highest BCUT2D eigenvalue weighted by molar-refractivity contribution is 5.50. The summed E-state index contributed by atoms with van der Waals surface area (Å²) in [5.74, 6) is 0. The Morgan fingerprint density at radius 2 is 2.00 bits per heavy atom. The van der Waals surface area contributed by atoms with E-state index in [1.165, 1.54) is 0 Å². The lowest BCUT2D eigenvalue weighted by Crippen LogP contribution is -1.95. The molecule has 0 saturated heterocycles. The predicted molar refractivity (Wildman–Crippen MR) is 42.2 cm³/mol. The molecule has 0 N–H and O–H groups in total. The molecule has 0 heterocycles. The molecule has 0 saturated carbocycles. The molecule has 2 heteroatoms. The maximum Gasteiger partial charge on any atom is 0.145 e. The van der Waals surface area contributed by atoms with Gasteiger partial charge in [0.2, 0.25) is 0 Å². The summed E-state index contributed by atoms with van der Waals surface area (Å²) in [4.78, 5) is 9.87. The van der Waals surface area contributed by atoms with E-state index in [2.05, 4.69) is 0 Å². The Labute approximate surface area is 65.8 Å². The Hall–Kier alpha value is -1.15. The number of carbonyl (C=O) groups excluding carboxylic acids is 1. The fourth-order valence-corrected chi connectivity index (χ4v) is 0.799. The molecule has 0 aliphatic carbocycles. The van der Waals surface area contributed by atoms with Gasteiger partial charge in [-0.15, -0.1) is 0 Å². The second-order valence-electron chi connectivity index (χ2n) is 2.17. The Morgan fingerprint density at radius 1 is 1.27 bits per heavy atom. The van der Waals surface area contributed by atoms with Crippen molar-refractivity contribution in [2.45, 2.75) is 6.61 Å². The first-order valence-corrected chi connectivity index (χ1v) is 3.49. The van der Waals surface area contributed by atoms with Gasteiger partial charge >= 0.3 is 0 Å². The fraction of sp³-hybridized carbons (Fsp3) is 0.222. The zero-order valence-electron chi connectivity index (χ0n) is 6.19. The van der Waals surface area contributed by atoms with E-state index in [9.17, 15) is 4.79 Å². The van der Waals surface area contributed by atoms with Gasteiger partial charge in [0.1, 0.15) is 12.9 Å². The van der Waals surface area contributed by atoms with E-state index in [-0.39, 0.29) is 6.61 Å². The van der Waals surface area contributed by atoms with Gasteiger partial charge in [0.25, 0.3) is 0 Å². The maximum atomic E-state index is 9.87. The van der Waals surface area contributed by atoms with Gasteiger partial charge in [-0.2, -0.15) is 0 Å². The minimum atomic E-state index is 0.175. The molecule has 1 aromatic rings. The van der Waals surface area contributed by atoms with E-state index in [4.69, 9.17) is 4.74 Å². The van der Waals surface area contributed by atoms with Gasteiger partial charge in [0, 0.05) is 0 Å². The standard InChI is InChI=1S/C9H10O2/c10-6-7-11-8-9-4-2-1-3-5-9/h1-6H,7-8H2/i6+1,7+1. The largest absolute Gasteiger partial charge is 0.369 e. The number of rotatable bonds is 4. The van der Waals surface area contributed by atoms with Crippen molar-refractivity contribution in [3.8, 4) is 0 Å².